The van der Waals surface area contributed by atoms with E-state index in [0.717, 1.165) is 35.2 Å². The first kappa shape index (κ1) is 20.9. The molecule has 5 nitrogen and oxygen atoms in total. The van der Waals surface area contributed by atoms with Crippen molar-refractivity contribution in [3.8, 4) is 5.75 Å². The van der Waals surface area contributed by atoms with Gasteiger partial charge in [-0.2, -0.15) is 0 Å². The zero-order valence-corrected chi connectivity index (χ0v) is 17.4. The summed E-state index contributed by atoms with van der Waals surface area (Å²) in [5, 5.41) is 0. The molecule has 2 aromatic carbocycles. The SMILES string of the molecule is CCOC(=O)COc1ccccc1CC1CCC(=O)N(c2c(C)cccc2C)C1. The summed E-state index contributed by atoms with van der Waals surface area (Å²) in [7, 11) is 0. The lowest BCUT2D eigenvalue weighted by Crippen LogP contribution is -2.41. The molecule has 1 amide bonds. The topological polar surface area (TPSA) is 55.8 Å². The summed E-state index contributed by atoms with van der Waals surface area (Å²) in [6.07, 6.45) is 2.20. The van der Waals surface area contributed by atoms with Crippen LogP contribution in [-0.4, -0.2) is 31.6 Å². The van der Waals surface area contributed by atoms with E-state index in [-0.39, 0.29) is 18.5 Å². The van der Waals surface area contributed by atoms with Gasteiger partial charge < -0.3 is 14.4 Å². The summed E-state index contributed by atoms with van der Waals surface area (Å²) < 4.78 is 10.7. The maximum absolute atomic E-state index is 12.7. The number of carbonyl (C=O) groups excluding carboxylic acids is 2. The van der Waals surface area contributed by atoms with Crippen LogP contribution in [0.15, 0.2) is 42.5 Å². The van der Waals surface area contributed by atoms with E-state index in [4.69, 9.17) is 9.47 Å². The molecule has 29 heavy (non-hydrogen) atoms. The van der Waals surface area contributed by atoms with E-state index in [2.05, 4.69) is 26.0 Å². The van der Waals surface area contributed by atoms with E-state index in [1.165, 1.54) is 0 Å². The third kappa shape index (κ3) is 5.17. The van der Waals surface area contributed by atoms with E-state index in [1.54, 1.807) is 6.92 Å². The number of carbonyl (C=O) groups is 2. The van der Waals surface area contributed by atoms with Crippen LogP contribution in [0.4, 0.5) is 5.69 Å². The van der Waals surface area contributed by atoms with Gasteiger partial charge in [0.25, 0.3) is 0 Å². The highest BCUT2D eigenvalue weighted by atomic mass is 16.6. The van der Waals surface area contributed by atoms with Gasteiger partial charge in [-0.25, -0.2) is 4.79 Å². The highest BCUT2D eigenvalue weighted by Crippen LogP contribution is 2.32. The Hall–Kier alpha value is -2.82. The fourth-order valence-corrected chi connectivity index (χ4v) is 3.99. The van der Waals surface area contributed by atoms with Crippen LogP contribution in [0, 0.1) is 19.8 Å². The van der Waals surface area contributed by atoms with Gasteiger partial charge >= 0.3 is 5.97 Å². The van der Waals surface area contributed by atoms with E-state index >= 15 is 0 Å². The molecule has 0 N–H and O–H groups in total. The highest BCUT2D eigenvalue weighted by molar-refractivity contribution is 5.95. The molecule has 0 aromatic heterocycles. The number of para-hydroxylation sites is 2. The molecule has 0 aliphatic carbocycles. The molecular weight excluding hydrogens is 366 g/mol. The first-order valence-corrected chi connectivity index (χ1v) is 10.2. The molecule has 3 rings (SSSR count). The number of hydrogen-bond acceptors (Lipinski definition) is 4. The second-order valence-corrected chi connectivity index (χ2v) is 7.56. The molecule has 0 radical (unpaired) electrons. The maximum atomic E-state index is 12.7. The van der Waals surface area contributed by atoms with Crippen molar-refractivity contribution < 1.29 is 19.1 Å². The van der Waals surface area contributed by atoms with Crippen LogP contribution in [0.1, 0.15) is 36.5 Å². The Morgan fingerprint density at radius 2 is 1.83 bits per heavy atom. The minimum atomic E-state index is -0.369. The van der Waals surface area contributed by atoms with E-state index < -0.39 is 0 Å². The Balaban J connectivity index is 1.73. The molecule has 1 fully saturated rings. The first-order chi connectivity index (χ1) is 14.0. The molecule has 1 aliphatic rings. The monoisotopic (exact) mass is 395 g/mol. The van der Waals surface area contributed by atoms with Gasteiger partial charge in [0.2, 0.25) is 5.91 Å². The lowest BCUT2D eigenvalue weighted by Gasteiger charge is -2.34. The highest BCUT2D eigenvalue weighted by Gasteiger charge is 2.29. The van der Waals surface area contributed by atoms with E-state index in [1.807, 2.05) is 35.2 Å². The van der Waals surface area contributed by atoms with Crippen molar-refractivity contribution >= 4 is 17.6 Å². The van der Waals surface area contributed by atoms with Crippen molar-refractivity contribution in [2.75, 3.05) is 24.7 Å². The van der Waals surface area contributed by atoms with Gasteiger partial charge in [-0.3, -0.25) is 4.79 Å². The Bertz CT molecular complexity index is 857. The fraction of sp³-hybridized carbons (Fsp3) is 0.417. The van der Waals surface area contributed by atoms with Crippen molar-refractivity contribution in [2.45, 2.75) is 40.0 Å². The molecule has 0 bridgehead atoms. The van der Waals surface area contributed by atoms with Crippen LogP contribution in [-0.2, 0) is 20.7 Å². The average Bonchev–Trinajstić information content (AvgIpc) is 2.70. The molecule has 1 aliphatic heterocycles. The lowest BCUT2D eigenvalue weighted by atomic mass is 9.89. The smallest absolute Gasteiger partial charge is 0.344 e. The Morgan fingerprint density at radius 3 is 2.55 bits per heavy atom. The van der Waals surface area contributed by atoms with Crippen LogP contribution in [0.2, 0.25) is 0 Å². The minimum absolute atomic E-state index is 0.0947. The standard InChI is InChI=1S/C24H29NO4/c1-4-28-23(27)16-29-21-11-6-5-10-20(21)14-19-12-13-22(26)25(15-19)24-17(2)8-7-9-18(24)3/h5-11,19H,4,12-16H2,1-3H3. The van der Waals surface area contributed by atoms with Gasteiger partial charge in [0, 0.05) is 18.7 Å². The second-order valence-electron chi connectivity index (χ2n) is 7.56. The average molecular weight is 395 g/mol. The Morgan fingerprint density at radius 1 is 1.10 bits per heavy atom. The summed E-state index contributed by atoms with van der Waals surface area (Å²) >= 11 is 0. The summed E-state index contributed by atoms with van der Waals surface area (Å²) in [6.45, 7) is 6.82. The summed E-state index contributed by atoms with van der Waals surface area (Å²) in [5.74, 6) is 0.854. The predicted octanol–water partition coefficient (Wildman–Crippen LogP) is 4.23. The number of rotatable bonds is 7. The van der Waals surface area contributed by atoms with Gasteiger partial charge in [-0.1, -0.05) is 36.4 Å². The van der Waals surface area contributed by atoms with Crippen molar-refractivity contribution in [3.05, 3.63) is 59.2 Å². The zero-order chi connectivity index (χ0) is 20.8. The number of anilines is 1. The Labute approximate surface area is 172 Å². The van der Waals surface area contributed by atoms with Gasteiger partial charge in [-0.05, 0) is 62.3 Å². The Kier molecular flexibility index (Phi) is 6.91. The van der Waals surface area contributed by atoms with Gasteiger partial charge in [0.05, 0.1) is 6.61 Å². The van der Waals surface area contributed by atoms with Crippen LogP contribution >= 0.6 is 0 Å². The number of piperidine rings is 1. The van der Waals surface area contributed by atoms with Crippen molar-refractivity contribution in [3.63, 3.8) is 0 Å². The van der Waals surface area contributed by atoms with Crippen molar-refractivity contribution in [1.29, 1.82) is 0 Å². The predicted molar refractivity (Wildman–Crippen MR) is 113 cm³/mol. The molecule has 1 atom stereocenters. The largest absolute Gasteiger partial charge is 0.482 e. The molecule has 5 heteroatoms. The number of benzene rings is 2. The van der Waals surface area contributed by atoms with Crippen LogP contribution in [0.5, 0.6) is 5.75 Å². The number of ether oxygens (including phenoxy) is 2. The number of esters is 1. The van der Waals surface area contributed by atoms with Gasteiger partial charge in [-0.15, -0.1) is 0 Å². The first-order valence-electron chi connectivity index (χ1n) is 10.2. The molecule has 154 valence electrons. The third-order valence-electron chi connectivity index (χ3n) is 5.35. The lowest BCUT2D eigenvalue weighted by molar-refractivity contribution is -0.145. The number of nitrogens with zero attached hydrogens (tertiary/aromatic N) is 1. The molecule has 1 unspecified atom stereocenters. The van der Waals surface area contributed by atoms with Gasteiger partial charge in [0.15, 0.2) is 6.61 Å². The second kappa shape index (κ2) is 9.59. The molecule has 0 saturated carbocycles. The summed E-state index contributed by atoms with van der Waals surface area (Å²) in [6, 6.07) is 13.9. The van der Waals surface area contributed by atoms with E-state index in [9.17, 15) is 9.59 Å². The molecule has 1 saturated heterocycles. The quantitative estimate of drug-likeness (QED) is 0.659. The summed E-state index contributed by atoms with van der Waals surface area (Å²) in [5.41, 5.74) is 4.33. The molecular formula is C24H29NO4. The van der Waals surface area contributed by atoms with E-state index in [0.29, 0.717) is 31.2 Å². The summed E-state index contributed by atoms with van der Waals surface area (Å²) in [4.78, 5) is 26.2. The maximum Gasteiger partial charge on any atom is 0.344 e. The third-order valence-corrected chi connectivity index (χ3v) is 5.35. The molecule has 1 heterocycles. The van der Waals surface area contributed by atoms with Crippen molar-refractivity contribution in [1.82, 2.24) is 0 Å². The fourth-order valence-electron chi connectivity index (χ4n) is 3.99. The van der Waals surface area contributed by atoms with Crippen molar-refractivity contribution in [2.24, 2.45) is 5.92 Å². The molecule has 0 spiro atoms. The number of hydrogen-bond donors (Lipinski definition) is 0. The zero-order valence-electron chi connectivity index (χ0n) is 17.4. The van der Waals surface area contributed by atoms with Crippen LogP contribution in [0.3, 0.4) is 0 Å². The van der Waals surface area contributed by atoms with Gasteiger partial charge in [0.1, 0.15) is 5.75 Å². The van der Waals surface area contributed by atoms with Crippen LogP contribution < -0.4 is 9.64 Å². The number of aryl methyl sites for hydroxylation is 2. The molecule has 2 aromatic rings. The number of amides is 1. The normalized spacial score (nSPS) is 16.6. The van der Waals surface area contributed by atoms with Crippen LogP contribution in [0.25, 0.3) is 0 Å². The minimum Gasteiger partial charge on any atom is -0.482 e.